The largest absolute Gasteiger partial charge is 0.316 e. The van der Waals surface area contributed by atoms with E-state index >= 15 is 0 Å². The molecule has 1 aromatic heterocycles. The maximum absolute atomic E-state index is 6.00. The molecule has 0 aliphatic carbocycles. The van der Waals surface area contributed by atoms with Gasteiger partial charge in [-0.15, -0.1) is 0 Å². The Morgan fingerprint density at radius 2 is 2.27 bits per heavy atom. The fourth-order valence-electron chi connectivity index (χ4n) is 1.49. The van der Waals surface area contributed by atoms with E-state index in [1.807, 2.05) is 11.7 Å². The quantitative estimate of drug-likeness (QED) is 0.759. The first-order valence-corrected chi connectivity index (χ1v) is 5.86. The number of nitrogens with one attached hydrogen (secondary N) is 1. The minimum Gasteiger partial charge on any atom is -0.316 e. The van der Waals surface area contributed by atoms with Gasteiger partial charge in [0.1, 0.15) is 0 Å². The smallest absolute Gasteiger partial charge is 0.0817 e. The standard InChI is InChI=1S/C11H20ClN3/c1-9(2)7-13-6-4-5-11-10(12)8-14-15(11)3/h8-9,13H,4-7H2,1-3H3. The molecule has 0 aromatic carbocycles. The third kappa shape index (κ3) is 4.22. The molecule has 0 radical (unpaired) electrons. The van der Waals surface area contributed by atoms with Gasteiger partial charge in [-0.3, -0.25) is 4.68 Å². The van der Waals surface area contributed by atoms with Crippen LogP contribution in [0.3, 0.4) is 0 Å². The average Bonchev–Trinajstić information content (AvgIpc) is 2.47. The van der Waals surface area contributed by atoms with Crippen molar-refractivity contribution in [1.82, 2.24) is 15.1 Å². The van der Waals surface area contributed by atoms with Crippen LogP contribution in [0.2, 0.25) is 5.02 Å². The molecule has 15 heavy (non-hydrogen) atoms. The lowest BCUT2D eigenvalue weighted by Gasteiger charge is -2.07. The molecule has 0 saturated heterocycles. The van der Waals surface area contributed by atoms with E-state index in [-0.39, 0.29) is 0 Å². The van der Waals surface area contributed by atoms with Gasteiger partial charge in [0.15, 0.2) is 0 Å². The van der Waals surface area contributed by atoms with E-state index in [1.165, 1.54) is 0 Å². The summed E-state index contributed by atoms with van der Waals surface area (Å²) in [4.78, 5) is 0. The van der Waals surface area contributed by atoms with Gasteiger partial charge in [-0.05, 0) is 31.8 Å². The van der Waals surface area contributed by atoms with E-state index in [0.29, 0.717) is 5.92 Å². The highest BCUT2D eigenvalue weighted by Gasteiger charge is 2.05. The first-order chi connectivity index (χ1) is 7.11. The number of halogens is 1. The zero-order chi connectivity index (χ0) is 11.3. The summed E-state index contributed by atoms with van der Waals surface area (Å²) >= 11 is 6.00. The number of rotatable bonds is 6. The fraction of sp³-hybridized carbons (Fsp3) is 0.727. The summed E-state index contributed by atoms with van der Waals surface area (Å²) in [6.07, 6.45) is 3.80. The average molecular weight is 230 g/mol. The van der Waals surface area contributed by atoms with Gasteiger partial charge in [-0.2, -0.15) is 5.10 Å². The van der Waals surface area contributed by atoms with Crippen LogP contribution in [-0.2, 0) is 13.5 Å². The van der Waals surface area contributed by atoms with Gasteiger partial charge in [-0.25, -0.2) is 0 Å². The molecule has 0 aliphatic rings. The van der Waals surface area contributed by atoms with Gasteiger partial charge in [-0.1, -0.05) is 25.4 Å². The second-order valence-corrected chi connectivity index (χ2v) is 4.67. The van der Waals surface area contributed by atoms with Gasteiger partial charge in [0.2, 0.25) is 0 Å². The highest BCUT2D eigenvalue weighted by Crippen LogP contribution is 2.15. The summed E-state index contributed by atoms with van der Waals surface area (Å²) in [5, 5.41) is 8.30. The molecular weight excluding hydrogens is 210 g/mol. The lowest BCUT2D eigenvalue weighted by molar-refractivity contribution is 0.538. The van der Waals surface area contributed by atoms with Crippen LogP contribution in [0.5, 0.6) is 0 Å². The summed E-state index contributed by atoms with van der Waals surface area (Å²) in [7, 11) is 1.93. The SMILES string of the molecule is CC(C)CNCCCc1c(Cl)cnn1C. The van der Waals surface area contributed by atoms with Crippen LogP contribution in [-0.4, -0.2) is 22.9 Å². The number of aryl methyl sites for hydroxylation is 1. The van der Waals surface area contributed by atoms with Crippen LogP contribution in [0.15, 0.2) is 6.20 Å². The van der Waals surface area contributed by atoms with E-state index in [1.54, 1.807) is 6.20 Å². The predicted molar refractivity (Wildman–Crippen MR) is 64.2 cm³/mol. The molecule has 4 heteroatoms. The summed E-state index contributed by atoms with van der Waals surface area (Å²) in [6.45, 7) is 6.55. The zero-order valence-corrected chi connectivity index (χ0v) is 10.5. The third-order valence-electron chi connectivity index (χ3n) is 2.33. The third-order valence-corrected chi connectivity index (χ3v) is 2.65. The van der Waals surface area contributed by atoms with Crippen molar-refractivity contribution < 1.29 is 0 Å². The number of hydrogen-bond acceptors (Lipinski definition) is 2. The van der Waals surface area contributed by atoms with Crippen LogP contribution >= 0.6 is 11.6 Å². The highest BCUT2D eigenvalue weighted by atomic mass is 35.5. The fourth-order valence-corrected chi connectivity index (χ4v) is 1.75. The van der Waals surface area contributed by atoms with E-state index in [9.17, 15) is 0 Å². The van der Waals surface area contributed by atoms with Gasteiger partial charge in [0, 0.05) is 7.05 Å². The first kappa shape index (κ1) is 12.5. The van der Waals surface area contributed by atoms with Crippen molar-refractivity contribution in [2.75, 3.05) is 13.1 Å². The van der Waals surface area contributed by atoms with E-state index in [2.05, 4.69) is 24.3 Å². The molecule has 0 unspecified atom stereocenters. The molecular formula is C11H20ClN3. The predicted octanol–water partition coefficient (Wildman–Crippen LogP) is 2.25. The van der Waals surface area contributed by atoms with Crippen molar-refractivity contribution in [1.29, 1.82) is 0 Å². The minimum absolute atomic E-state index is 0.713. The van der Waals surface area contributed by atoms with Gasteiger partial charge in [0.25, 0.3) is 0 Å². The topological polar surface area (TPSA) is 29.9 Å². The van der Waals surface area contributed by atoms with Gasteiger partial charge < -0.3 is 5.32 Å². The molecule has 0 atom stereocenters. The molecule has 1 rings (SSSR count). The molecule has 0 fully saturated rings. The Morgan fingerprint density at radius 1 is 1.53 bits per heavy atom. The Morgan fingerprint density at radius 3 is 2.80 bits per heavy atom. The number of aromatic nitrogens is 2. The molecule has 0 bridgehead atoms. The number of hydrogen-bond donors (Lipinski definition) is 1. The van der Waals surface area contributed by atoms with Crippen molar-refractivity contribution in [2.24, 2.45) is 13.0 Å². The van der Waals surface area contributed by atoms with Crippen LogP contribution in [0.4, 0.5) is 0 Å². The van der Waals surface area contributed by atoms with Crippen molar-refractivity contribution in [2.45, 2.75) is 26.7 Å². The zero-order valence-electron chi connectivity index (χ0n) is 9.76. The van der Waals surface area contributed by atoms with E-state index in [4.69, 9.17) is 11.6 Å². The lowest BCUT2D eigenvalue weighted by atomic mass is 10.2. The summed E-state index contributed by atoms with van der Waals surface area (Å²) in [5.41, 5.74) is 1.13. The van der Waals surface area contributed by atoms with E-state index < -0.39 is 0 Å². The Kier molecular flexibility index (Phi) is 5.12. The molecule has 0 aliphatic heterocycles. The Balaban J connectivity index is 2.20. The van der Waals surface area contributed by atoms with E-state index in [0.717, 1.165) is 36.6 Å². The van der Waals surface area contributed by atoms with Crippen LogP contribution in [0.1, 0.15) is 26.0 Å². The highest BCUT2D eigenvalue weighted by molar-refractivity contribution is 6.31. The molecule has 0 spiro atoms. The Hall–Kier alpha value is -0.540. The second kappa shape index (κ2) is 6.13. The first-order valence-electron chi connectivity index (χ1n) is 5.48. The minimum atomic E-state index is 0.713. The molecule has 1 heterocycles. The summed E-state index contributed by atoms with van der Waals surface area (Å²) in [5.74, 6) is 0.713. The Labute approximate surface area is 96.8 Å². The Bertz CT molecular complexity index is 275. The van der Waals surface area contributed by atoms with Gasteiger partial charge >= 0.3 is 0 Å². The van der Waals surface area contributed by atoms with Crippen molar-refractivity contribution >= 4 is 11.6 Å². The van der Waals surface area contributed by atoms with Crippen LogP contribution in [0, 0.1) is 5.92 Å². The monoisotopic (exact) mass is 229 g/mol. The van der Waals surface area contributed by atoms with Crippen molar-refractivity contribution in [3.63, 3.8) is 0 Å². The second-order valence-electron chi connectivity index (χ2n) is 4.26. The van der Waals surface area contributed by atoms with Gasteiger partial charge in [0.05, 0.1) is 16.9 Å². The molecule has 3 nitrogen and oxygen atoms in total. The normalized spacial score (nSPS) is 11.3. The molecule has 0 amide bonds. The maximum atomic E-state index is 6.00. The van der Waals surface area contributed by atoms with Crippen LogP contribution in [0.25, 0.3) is 0 Å². The summed E-state index contributed by atoms with van der Waals surface area (Å²) < 4.78 is 1.85. The molecule has 1 aromatic rings. The number of nitrogens with zero attached hydrogens (tertiary/aromatic N) is 2. The molecule has 86 valence electrons. The van der Waals surface area contributed by atoms with Crippen LogP contribution < -0.4 is 5.32 Å². The van der Waals surface area contributed by atoms with Crippen molar-refractivity contribution in [3.05, 3.63) is 16.9 Å². The molecule has 1 N–H and O–H groups in total. The maximum Gasteiger partial charge on any atom is 0.0817 e. The summed E-state index contributed by atoms with van der Waals surface area (Å²) in [6, 6.07) is 0. The van der Waals surface area contributed by atoms with Crippen molar-refractivity contribution in [3.8, 4) is 0 Å². The molecule has 0 saturated carbocycles. The lowest BCUT2D eigenvalue weighted by Crippen LogP contribution is -2.21.